The van der Waals surface area contributed by atoms with Crippen LogP contribution in [-0.2, 0) is 0 Å². The quantitative estimate of drug-likeness (QED) is 0.886. The Morgan fingerprint density at radius 2 is 1.90 bits per heavy atom. The van der Waals surface area contributed by atoms with Crippen molar-refractivity contribution in [2.45, 2.75) is 20.8 Å². The number of nitrogens with zero attached hydrogens (tertiary/aromatic N) is 2. The van der Waals surface area contributed by atoms with Crippen LogP contribution in [0.1, 0.15) is 29.9 Å². The summed E-state index contributed by atoms with van der Waals surface area (Å²) in [6.07, 6.45) is 1.58. The number of anilines is 2. The average Bonchev–Trinajstić information content (AvgIpc) is 2.47. The van der Waals surface area contributed by atoms with Gasteiger partial charge in [0.2, 0.25) is 5.95 Å². The van der Waals surface area contributed by atoms with Crippen LogP contribution in [0.15, 0.2) is 36.5 Å². The molecule has 110 valence electrons. The average molecular weight is 284 g/mol. The van der Waals surface area contributed by atoms with Crippen LogP contribution >= 0.6 is 0 Å². The molecule has 5 nitrogen and oxygen atoms in total. The predicted molar refractivity (Wildman–Crippen MR) is 83.7 cm³/mol. The maximum atomic E-state index is 12.0. The first-order chi connectivity index (χ1) is 10.0. The first kappa shape index (κ1) is 15.0. The molecule has 0 aliphatic carbocycles. The highest BCUT2D eigenvalue weighted by Gasteiger charge is 2.09. The van der Waals surface area contributed by atoms with Crippen molar-refractivity contribution >= 4 is 17.5 Å². The van der Waals surface area contributed by atoms with Crippen molar-refractivity contribution in [1.29, 1.82) is 0 Å². The van der Waals surface area contributed by atoms with E-state index in [1.54, 1.807) is 12.3 Å². The smallest absolute Gasteiger partial charge is 0.270 e. The van der Waals surface area contributed by atoms with Crippen LogP contribution in [0, 0.1) is 12.8 Å². The summed E-state index contributed by atoms with van der Waals surface area (Å²) >= 11 is 0. The van der Waals surface area contributed by atoms with Crippen LogP contribution in [0.3, 0.4) is 0 Å². The van der Waals surface area contributed by atoms with Gasteiger partial charge in [0.15, 0.2) is 0 Å². The number of amides is 1. The van der Waals surface area contributed by atoms with Gasteiger partial charge in [-0.3, -0.25) is 4.79 Å². The van der Waals surface area contributed by atoms with E-state index in [0.717, 1.165) is 5.69 Å². The Morgan fingerprint density at radius 1 is 1.19 bits per heavy atom. The molecular formula is C16H20N4O. The van der Waals surface area contributed by atoms with E-state index in [9.17, 15) is 4.79 Å². The van der Waals surface area contributed by atoms with Crippen molar-refractivity contribution < 1.29 is 4.79 Å². The Balaban J connectivity index is 2.06. The molecule has 0 aliphatic rings. The van der Waals surface area contributed by atoms with E-state index in [-0.39, 0.29) is 5.91 Å². The number of carbonyl (C=O) groups excluding carboxylic acids is 1. The minimum Gasteiger partial charge on any atom is -0.350 e. The monoisotopic (exact) mass is 284 g/mol. The Kier molecular flexibility index (Phi) is 4.87. The molecule has 1 amide bonds. The van der Waals surface area contributed by atoms with Gasteiger partial charge in [0.05, 0.1) is 0 Å². The number of hydrogen-bond acceptors (Lipinski definition) is 4. The third-order valence-corrected chi connectivity index (χ3v) is 2.87. The summed E-state index contributed by atoms with van der Waals surface area (Å²) in [4.78, 5) is 20.3. The Hall–Kier alpha value is -2.43. The molecular weight excluding hydrogens is 264 g/mol. The summed E-state index contributed by atoms with van der Waals surface area (Å²) in [6.45, 7) is 6.75. The molecule has 0 bridgehead atoms. The summed E-state index contributed by atoms with van der Waals surface area (Å²) in [6, 6.07) is 9.51. The van der Waals surface area contributed by atoms with Gasteiger partial charge in [-0.2, -0.15) is 0 Å². The van der Waals surface area contributed by atoms with E-state index >= 15 is 0 Å². The largest absolute Gasteiger partial charge is 0.350 e. The van der Waals surface area contributed by atoms with Crippen molar-refractivity contribution in [1.82, 2.24) is 15.3 Å². The minimum absolute atomic E-state index is 0.182. The van der Waals surface area contributed by atoms with Gasteiger partial charge < -0.3 is 10.6 Å². The lowest BCUT2D eigenvalue weighted by Crippen LogP contribution is -2.28. The van der Waals surface area contributed by atoms with Gasteiger partial charge in [0.1, 0.15) is 5.69 Å². The van der Waals surface area contributed by atoms with E-state index in [4.69, 9.17) is 0 Å². The summed E-state index contributed by atoms with van der Waals surface area (Å²) in [5.74, 6) is 0.634. The van der Waals surface area contributed by atoms with Gasteiger partial charge in [0.25, 0.3) is 5.91 Å². The Morgan fingerprint density at radius 3 is 2.57 bits per heavy atom. The van der Waals surface area contributed by atoms with E-state index in [1.165, 1.54) is 5.56 Å². The summed E-state index contributed by atoms with van der Waals surface area (Å²) in [5, 5.41) is 5.93. The zero-order valence-corrected chi connectivity index (χ0v) is 12.6. The molecule has 0 saturated heterocycles. The fraction of sp³-hybridized carbons (Fsp3) is 0.312. The number of aromatic nitrogens is 2. The van der Waals surface area contributed by atoms with E-state index in [2.05, 4.69) is 20.6 Å². The molecule has 1 heterocycles. The van der Waals surface area contributed by atoms with Crippen LogP contribution in [0.5, 0.6) is 0 Å². The summed E-state index contributed by atoms with van der Waals surface area (Å²) in [7, 11) is 0. The molecule has 0 saturated carbocycles. The third-order valence-electron chi connectivity index (χ3n) is 2.87. The first-order valence-electron chi connectivity index (χ1n) is 6.99. The summed E-state index contributed by atoms with van der Waals surface area (Å²) in [5.41, 5.74) is 2.43. The maximum Gasteiger partial charge on any atom is 0.270 e. The third kappa shape index (κ3) is 4.56. The van der Waals surface area contributed by atoms with Crippen LogP contribution in [-0.4, -0.2) is 22.4 Å². The standard InChI is InChI=1S/C16H20N4O/c1-11(2)10-18-15(21)14-8-9-17-16(20-14)19-13-6-4-12(3)5-7-13/h4-9,11H,10H2,1-3H3,(H,18,21)(H,17,19,20). The predicted octanol–water partition coefficient (Wildman–Crippen LogP) is 2.91. The molecule has 5 heteroatoms. The molecule has 21 heavy (non-hydrogen) atoms. The van der Waals surface area contributed by atoms with Crippen LogP contribution < -0.4 is 10.6 Å². The van der Waals surface area contributed by atoms with Crippen molar-refractivity contribution in [3.05, 3.63) is 47.8 Å². The lowest BCUT2D eigenvalue weighted by molar-refractivity contribution is 0.0944. The molecule has 0 unspecified atom stereocenters. The van der Waals surface area contributed by atoms with Gasteiger partial charge >= 0.3 is 0 Å². The Labute approximate surface area is 124 Å². The molecule has 1 aromatic carbocycles. The van der Waals surface area contributed by atoms with Crippen molar-refractivity contribution in [3.8, 4) is 0 Å². The molecule has 1 aromatic heterocycles. The number of benzene rings is 1. The zero-order valence-electron chi connectivity index (χ0n) is 12.6. The minimum atomic E-state index is -0.182. The second-order valence-electron chi connectivity index (χ2n) is 5.36. The first-order valence-corrected chi connectivity index (χ1v) is 6.99. The molecule has 0 fully saturated rings. The number of nitrogens with one attached hydrogen (secondary N) is 2. The topological polar surface area (TPSA) is 66.9 Å². The van der Waals surface area contributed by atoms with Crippen molar-refractivity contribution in [2.75, 3.05) is 11.9 Å². The number of rotatable bonds is 5. The fourth-order valence-electron chi connectivity index (χ4n) is 1.70. The van der Waals surface area contributed by atoms with Gasteiger partial charge in [-0.1, -0.05) is 31.5 Å². The second kappa shape index (κ2) is 6.83. The van der Waals surface area contributed by atoms with Gasteiger partial charge in [-0.15, -0.1) is 0 Å². The molecule has 0 atom stereocenters. The van der Waals surface area contributed by atoms with Gasteiger partial charge in [-0.05, 0) is 31.0 Å². The molecule has 2 rings (SSSR count). The summed E-state index contributed by atoms with van der Waals surface area (Å²) < 4.78 is 0. The molecule has 2 N–H and O–H groups in total. The van der Waals surface area contributed by atoms with Crippen LogP contribution in [0.2, 0.25) is 0 Å². The lowest BCUT2D eigenvalue weighted by Gasteiger charge is -2.08. The van der Waals surface area contributed by atoms with Crippen molar-refractivity contribution in [2.24, 2.45) is 5.92 Å². The van der Waals surface area contributed by atoms with Crippen LogP contribution in [0.4, 0.5) is 11.6 Å². The lowest BCUT2D eigenvalue weighted by atomic mass is 10.2. The normalized spacial score (nSPS) is 10.5. The molecule has 0 aliphatic heterocycles. The second-order valence-corrected chi connectivity index (χ2v) is 5.36. The van der Waals surface area contributed by atoms with Crippen molar-refractivity contribution in [3.63, 3.8) is 0 Å². The van der Waals surface area contributed by atoms with E-state index in [0.29, 0.717) is 24.1 Å². The number of carbonyl (C=O) groups is 1. The molecule has 0 radical (unpaired) electrons. The van der Waals surface area contributed by atoms with Crippen LogP contribution in [0.25, 0.3) is 0 Å². The molecule has 2 aromatic rings. The van der Waals surface area contributed by atoms with E-state index in [1.807, 2.05) is 45.0 Å². The van der Waals surface area contributed by atoms with Gasteiger partial charge in [-0.25, -0.2) is 9.97 Å². The SMILES string of the molecule is Cc1ccc(Nc2nccc(C(=O)NCC(C)C)n2)cc1. The zero-order chi connectivity index (χ0) is 15.2. The number of aryl methyl sites for hydroxylation is 1. The maximum absolute atomic E-state index is 12.0. The highest BCUT2D eigenvalue weighted by molar-refractivity contribution is 5.92. The van der Waals surface area contributed by atoms with Gasteiger partial charge in [0, 0.05) is 18.4 Å². The van der Waals surface area contributed by atoms with E-state index < -0.39 is 0 Å². The Bertz CT molecular complexity index is 608. The molecule has 0 spiro atoms. The number of hydrogen-bond donors (Lipinski definition) is 2. The fourth-order valence-corrected chi connectivity index (χ4v) is 1.70. The highest BCUT2D eigenvalue weighted by atomic mass is 16.1. The highest BCUT2D eigenvalue weighted by Crippen LogP contribution is 2.13.